The summed E-state index contributed by atoms with van der Waals surface area (Å²) in [5.41, 5.74) is 3.79. The molecule has 0 fully saturated rings. The van der Waals surface area contributed by atoms with Crippen LogP contribution in [0.1, 0.15) is 46.8 Å². The van der Waals surface area contributed by atoms with Crippen molar-refractivity contribution < 1.29 is 4.39 Å². The van der Waals surface area contributed by atoms with Crippen LogP contribution in [0.5, 0.6) is 0 Å². The average Bonchev–Trinajstić information content (AvgIpc) is 2.80. The fraction of sp³-hybridized carbons (Fsp3) is 0.471. The molecule has 2 rings (SSSR count). The molecule has 4 heteroatoms. The van der Waals surface area contributed by atoms with E-state index < -0.39 is 0 Å². The van der Waals surface area contributed by atoms with Crippen LogP contribution in [0.15, 0.2) is 17.5 Å². The van der Waals surface area contributed by atoms with Crippen LogP contribution in [-0.4, -0.2) is 11.5 Å². The van der Waals surface area contributed by atoms with Crippen LogP contribution in [0.4, 0.5) is 4.39 Å². The van der Waals surface area contributed by atoms with Gasteiger partial charge in [-0.15, -0.1) is 11.3 Å². The molecule has 0 aliphatic carbocycles. The zero-order valence-corrected chi connectivity index (χ0v) is 14.0. The summed E-state index contributed by atoms with van der Waals surface area (Å²) >= 11 is 1.65. The van der Waals surface area contributed by atoms with Crippen molar-refractivity contribution >= 4 is 11.3 Å². The number of benzene rings is 1. The number of nitrogens with zero attached hydrogens (tertiary/aromatic N) is 1. The number of hydrogen-bond acceptors (Lipinski definition) is 3. The van der Waals surface area contributed by atoms with Crippen molar-refractivity contribution in [3.05, 3.63) is 50.7 Å². The first-order valence-electron chi connectivity index (χ1n) is 7.42. The summed E-state index contributed by atoms with van der Waals surface area (Å²) in [7, 11) is 0. The minimum Gasteiger partial charge on any atom is -0.309 e. The number of thiazole rings is 1. The van der Waals surface area contributed by atoms with E-state index in [0.29, 0.717) is 0 Å². The second-order valence-electron chi connectivity index (χ2n) is 5.57. The predicted molar refractivity (Wildman–Crippen MR) is 87.5 cm³/mol. The molecule has 1 aromatic carbocycles. The van der Waals surface area contributed by atoms with E-state index in [2.05, 4.69) is 17.2 Å². The Kier molecular flexibility index (Phi) is 5.48. The molecule has 0 radical (unpaired) electrons. The normalized spacial score (nSPS) is 12.6. The van der Waals surface area contributed by atoms with Crippen LogP contribution < -0.4 is 5.32 Å². The van der Waals surface area contributed by atoms with E-state index in [-0.39, 0.29) is 11.9 Å². The van der Waals surface area contributed by atoms with Gasteiger partial charge in [0.1, 0.15) is 5.82 Å². The van der Waals surface area contributed by atoms with Crippen molar-refractivity contribution in [2.45, 2.75) is 46.6 Å². The van der Waals surface area contributed by atoms with Gasteiger partial charge in [0.15, 0.2) is 0 Å². The Hall–Kier alpha value is -1.26. The van der Waals surface area contributed by atoms with Gasteiger partial charge in [-0.25, -0.2) is 9.37 Å². The molecule has 0 aliphatic heterocycles. The first-order valence-corrected chi connectivity index (χ1v) is 8.30. The van der Waals surface area contributed by atoms with E-state index in [4.69, 9.17) is 0 Å². The summed E-state index contributed by atoms with van der Waals surface area (Å²) in [6.07, 6.45) is 1.76. The van der Waals surface area contributed by atoms with E-state index in [1.807, 2.05) is 32.2 Å². The van der Waals surface area contributed by atoms with Crippen molar-refractivity contribution in [2.24, 2.45) is 0 Å². The first-order chi connectivity index (χ1) is 10.0. The highest BCUT2D eigenvalue weighted by atomic mass is 32.1. The maximum atomic E-state index is 14.4. The molecular formula is C17H23FN2S. The second-order valence-corrected chi connectivity index (χ2v) is 6.51. The second kappa shape index (κ2) is 7.14. The number of aryl methyl sites for hydroxylation is 3. The van der Waals surface area contributed by atoms with Crippen LogP contribution >= 0.6 is 11.3 Å². The fourth-order valence-corrected chi connectivity index (χ4v) is 3.45. The third-order valence-corrected chi connectivity index (χ3v) is 4.50. The topological polar surface area (TPSA) is 24.9 Å². The van der Waals surface area contributed by atoms with Gasteiger partial charge in [0.25, 0.3) is 0 Å². The molecule has 1 N–H and O–H groups in total. The first kappa shape index (κ1) is 16.1. The third-order valence-electron chi connectivity index (χ3n) is 3.52. The zero-order chi connectivity index (χ0) is 15.4. The maximum Gasteiger partial charge on any atom is 0.128 e. The molecule has 1 atom stereocenters. The molecule has 0 spiro atoms. The molecule has 1 heterocycles. The van der Waals surface area contributed by atoms with Crippen LogP contribution in [0.3, 0.4) is 0 Å². The summed E-state index contributed by atoms with van der Waals surface area (Å²) in [6, 6.07) is 3.65. The van der Waals surface area contributed by atoms with Crippen molar-refractivity contribution in [3.63, 3.8) is 0 Å². The quantitative estimate of drug-likeness (QED) is 0.850. The molecular weight excluding hydrogens is 283 g/mol. The molecule has 21 heavy (non-hydrogen) atoms. The Labute approximate surface area is 130 Å². The van der Waals surface area contributed by atoms with Gasteiger partial charge < -0.3 is 5.32 Å². The van der Waals surface area contributed by atoms with Gasteiger partial charge in [-0.1, -0.05) is 13.0 Å². The monoisotopic (exact) mass is 306 g/mol. The third kappa shape index (κ3) is 4.11. The van der Waals surface area contributed by atoms with Crippen LogP contribution in [0.25, 0.3) is 0 Å². The highest BCUT2D eigenvalue weighted by Gasteiger charge is 2.19. The smallest absolute Gasteiger partial charge is 0.128 e. The van der Waals surface area contributed by atoms with E-state index in [1.54, 1.807) is 17.4 Å². The van der Waals surface area contributed by atoms with Gasteiger partial charge in [-0.3, -0.25) is 0 Å². The summed E-state index contributed by atoms with van der Waals surface area (Å²) in [4.78, 5) is 4.52. The highest BCUT2D eigenvalue weighted by molar-refractivity contribution is 7.09. The molecule has 0 saturated carbocycles. The number of halogens is 1. The molecule has 0 saturated heterocycles. The van der Waals surface area contributed by atoms with Crippen molar-refractivity contribution in [1.29, 1.82) is 0 Å². The van der Waals surface area contributed by atoms with Crippen molar-refractivity contribution in [1.82, 2.24) is 10.3 Å². The van der Waals surface area contributed by atoms with E-state index in [0.717, 1.165) is 46.8 Å². The minimum absolute atomic E-state index is 0.0175. The lowest BCUT2D eigenvalue weighted by Crippen LogP contribution is -2.26. The molecule has 1 aromatic heterocycles. The molecule has 1 unspecified atom stereocenters. The van der Waals surface area contributed by atoms with Crippen LogP contribution in [0, 0.1) is 26.6 Å². The van der Waals surface area contributed by atoms with Gasteiger partial charge in [0, 0.05) is 29.1 Å². The van der Waals surface area contributed by atoms with Crippen molar-refractivity contribution in [3.8, 4) is 0 Å². The summed E-state index contributed by atoms with van der Waals surface area (Å²) in [6.45, 7) is 8.90. The molecule has 114 valence electrons. The lowest BCUT2D eigenvalue weighted by molar-refractivity contribution is 0.493. The van der Waals surface area contributed by atoms with Gasteiger partial charge >= 0.3 is 0 Å². The molecule has 0 bridgehead atoms. The number of nitrogens with one attached hydrogen (secondary N) is 1. The SMILES string of the molecule is CCCNC(Cc1nc(C)cs1)c1c(C)cc(C)cc1F. The summed E-state index contributed by atoms with van der Waals surface area (Å²) < 4.78 is 14.4. The standard InChI is InChI=1S/C17H23FN2S/c1-5-6-19-15(9-16-20-13(4)10-21-16)17-12(3)7-11(2)8-14(17)18/h7-8,10,15,19H,5-6,9H2,1-4H3. The van der Waals surface area contributed by atoms with Gasteiger partial charge in [0.05, 0.1) is 5.01 Å². The van der Waals surface area contributed by atoms with Crippen LogP contribution in [-0.2, 0) is 6.42 Å². The Balaban J connectivity index is 2.31. The molecule has 0 amide bonds. The van der Waals surface area contributed by atoms with Gasteiger partial charge in [0.2, 0.25) is 0 Å². The van der Waals surface area contributed by atoms with Gasteiger partial charge in [-0.2, -0.15) is 0 Å². The number of rotatable bonds is 6. The van der Waals surface area contributed by atoms with E-state index in [9.17, 15) is 4.39 Å². The Morgan fingerprint density at radius 1 is 1.29 bits per heavy atom. The summed E-state index contributed by atoms with van der Waals surface area (Å²) in [5.74, 6) is -0.116. The predicted octanol–water partition coefficient (Wildman–Crippen LogP) is 4.49. The molecule has 2 nitrogen and oxygen atoms in total. The number of hydrogen-bond donors (Lipinski definition) is 1. The average molecular weight is 306 g/mol. The fourth-order valence-electron chi connectivity index (χ4n) is 2.63. The van der Waals surface area contributed by atoms with Crippen LogP contribution in [0.2, 0.25) is 0 Å². The Morgan fingerprint density at radius 3 is 2.62 bits per heavy atom. The lowest BCUT2D eigenvalue weighted by atomic mass is 9.96. The van der Waals surface area contributed by atoms with E-state index >= 15 is 0 Å². The molecule has 2 aromatic rings. The highest BCUT2D eigenvalue weighted by Crippen LogP contribution is 2.27. The Bertz CT molecular complexity index is 584. The number of aromatic nitrogens is 1. The zero-order valence-electron chi connectivity index (χ0n) is 13.2. The molecule has 0 aliphatic rings. The maximum absolute atomic E-state index is 14.4. The Morgan fingerprint density at radius 2 is 2.05 bits per heavy atom. The summed E-state index contributed by atoms with van der Waals surface area (Å²) in [5, 5.41) is 6.57. The van der Waals surface area contributed by atoms with E-state index in [1.165, 1.54) is 0 Å². The minimum atomic E-state index is -0.116. The van der Waals surface area contributed by atoms with Crippen molar-refractivity contribution in [2.75, 3.05) is 6.54 Å². The largest absolute Gasteiger partial charge is 0.309 e. The van der Waals surface area contributed by atoms with Gasteiger partial charge in [-0.05, 0) is 50.9 Å². The lowest BCUT2D eigenvalue weighted by Gasteiger charge is -2.21.